The molecule has 0 aromatic carbocycles. The van der Waals surface area contributed by atoms with Gasteiger partial charge in [-0.25, -0.2) is 0 Å². The van der Waals surface area contributed by atoms with E-state index >= 15 is 0 Å². The lowest BCUT2D eigenvalue weighted by atomic mass is 10.2. The van der Waals surface area contributed by atoms with Gasteiger partial charge < -0.3 is 5.41 Å². The molecular weight excluding hydrogens is 105 g/mol. The van der Waals surface area contributed by atoms with Gasteiger partial charge in [0.05, 0.1) is 12.5 Å². The van der Waals surface area contributed by atoms with Gasteiger partial charge in [0.1, 0.15) is 0 Å². The molecule has 0 fully saturated rings. The van der Waals surface area contributed by atoms with E-state index in [0.717, 1.165) is 6.08 Å². The Labute approximate surface area is 47.0 Å². The third-order valence-electron chi connectivity index (χ3n) is 0.808. The van der Waals surface area contributed by atoms with Crippen molar-refractivity contribution in [3.63, 3.8) is 0 Å². The molecule has 0 saturated carbocycles. The monoisotopic (exact) mass is 109 g/mol. The maximum Gasteiger partial charge on any atom is 0.229 e. The van der Waals surface area contributed by atoms with Gasteiger partial charge in [0.25, 0.3) is 0 Å². The van der Waals surface area contributed by atoms with Gasteiger partial charge in [0.2, 0.25) is 5.83 Å². The Hall–Kier alpha value is -1.05. The SMILES string of the molecule is [N-]=C1C=C[CH+]C(F)=C1. The average Bonchev–Trinajstić information content (AvgIpc) is 1.64. The smallest absolute Gasteiger partial charge is 0.229 e. The van der Waals surface area contributed by atoms with Gasteiger partial charge >= 0.3 is 0 Å². The van der Waals surface area contributed by atoms with E-state index in [9.17, 15) is 4.39 Å². The summed E-state index contributed by atoms with van der Waals surface area (Å²) in [6.07, 6.45) is 5.20. The summed E-state index contributed by atoms with van der Waals surface area (Å²) in [7, 11) is 0. The molecule has 0 aromatic heterocycles. The average molecular weight is 109 g/mol. The molecule has 0 N–H and O–H groups in total. The standard InChI is InChI=1S/C6H4FN/c7-5-2-1-3-6(8)4-5/h1-4H. The molecule has 2 heteroatoms. The maximum absolute atomic E-state index is 12.0. The lowest BCUT2D eigenvalue weighted by Gasteiger charge is -1.94. The van der Waals surface area contributed by atoms with Gasteiger partial charge in [-0.05, 0) is 5.71 Å². The first kappa shape index (κ1) is 5.09. The van der Waals surface area contributed by atoms with Crippen molar-refractivity contribution in [2.75, 3.05) is 0 Å². The minimum Gasteiger partial charge on any atom is -0.779 e. The topological polar surface area (TPSA) is 22.3 Å². The summed E-state index contributed by atoms with van der Waals surface area (Å²) in [6, 6.07) is 0. The van der Waals surface area contributed by atoms with Crippen LogP contribution in [0.2, 0.25) is 0 Å². The summed E-state index contributed by atoms with van der Waals surface area (Å²) >= 11 is 0. The highest BCUT2D eigenvalue weighted by molar-refractivity contribution is 6.07. The van der Waals surface area contributed by atoms with E-state index in [1.165, 1.54) is 18.6 Å². The molecule has 0 radical (unpaired) electrons. The van der Waals surface area contributed by atoms with E-state index in [0.29, 0.717) is 0 Å². The van der Waals surface area contributed by atoms with Crippen molar-refractivity contribution in [2.24, 2.45) is 0 Å². The Kier molecular flexibility index (Phi) is 1.16. The molecule has 1 nitrogen and oxygen atoms in total. The number of nitrogens with zero attached hydrogens (tertiary/aromatic N) is 1. The zero-order chi connectivity index (χ0) is 5.98. The molecule has 0 spiro atoms. The van der Waals surface area contributed by atoms with E-state index in [1.54, 1.807) is 0 Å². The zero-order valence-corrected chi connectivity index (χ0v) is 4.13. The second-order valence-electron chi connectivity index (χ2n) is 1.48. The van der Waals surface area contributed by atoms with Gasteiger partial charge in [-0.2, -0.15) is 4.39 Å². The van der Waals surface area contributed by atoms with Crippen LogP contribution in [0.1, 0.15) is 0 Å². The van der Waals surface area contributed by atoms with Crippen molar-refractivity contribution < 1.29 is 4.39 Å². The lowest BCUT2D eigenvalue weighted by Crippen LogP contribution is -1.90. The first-order valence-electron chi connectivity index (χ1n) is 2.23. The summed E-state index contributed by atoms with van der Waals surface area (Å²) in [5.74, 6) is -0.412. The number of rotatable bonds is 0. The highest BCUT2D eigenvalue weighted by Gasteiger charge is 2.02. The number of hydrogen-bond donors (Lipinski definition) is 0. The van der Waals surface area contributed by atoms with Crippen LogP contribution in [0.3, 0.4) is 0 Å². The molecule has 8 heavy (non-hydrogen) atoms. The highest BCUT2D eigenvalue weighted by atomic mass is 19.1. The zero-order valence-electron chi connectivity index (χ0n) is 4.13. The molecule has 0 bridgehead atoms. The second kappa shape index (κ2) is 1.82. The molecule has 0 unspecified atom stereocenters. The molecule has 0 saturated heterocycles. The summed E-state index contributed by atoms with van der Waals surface area (Å²) < 4.78 is 12.0. The predicted molar refractivity (Wildman–Crippen MR) is 31.0 cm³/mol. The molecule has 0 aromatic rings. The lowest BCUT2D eigenvalue weighted by molar-refractivity contribution is 0.655. The molecule has 1 aliphatic rings. The van der Waals surface area contributed by atoms with Crippen molar-refractivity contribution >= 4 is 5.71 Å². The van der Waals surface area contributed by atoms with Gasteiger partial charge in [-0.1, -0.05) is 0 Å². The fourth-order valence-corrected chi connectivity index (χ4v) is 0.476. The van der Waals surface area contributed by atoms with Crippen molar-refractivity contribution in [2.45, 2.75) is 0 Å². The molecule has 0 atom stereocenters. The Bertz CT molecular complexity index is 167. The summed E-state index contributed by atoms with van der Waals surface area (Å²) in [6.45, 7) is 0. The largest absolute Gasteiger partial charge is 0.779 e. The highest BCUT2D eigenvalue weighted by Crippen LogP contribution is 2.07. The number of allylic oxidation sites excluding steroid dienone is 4. The van der Waals surface area contributed by atoms with Crippen molar-refractivity contribution in [3.8, 4) is 0 Å². The van der Waals surface area contributed by atoms with Crippen LogP contribution >= 0.6 is 0 Å². The Balaban J connectivity index is 2.74. The Morgan fingerprint density at radius 2 is 2.38 bits per heavy atom. The number of halogens is 1. The summed E-state index contributed by atoms with van der Waals surface area (Å²) in [4.78, 5) is 0. The van der Waals surface area contributed by atoms with Crippen LogP contribution in [0.15, 0.2) is 24.1 Å². The van der Waals surface area contributed by atoms with E-state index in [4.69, 9.17) is 5.41 Å². The number of hydrogen-bond acceptors (Lipinski definition) is 0. The minimum atomic E-state index is -0.412. The van der Waals surface area contributed by atoms with Gasteiger partial charge in [-0.15, -0.1) is 0 Å². The van der Waals surface area contributed by atoms with Crippen molar-refractivity contribution in [1.29, 1.82) is 0 Å². The first-order chi connectivity index (χ1) is 3.79. The van der Waals surface area contributed by atoms with Crippen LogP contribution in [0.25, 0.3) is 5.41 Å². The molecular formula is C6H4FN. The van der Waals surface area contributed by atoms with Crippen LogP contribution in [-0.4, -0.2) is 5.71 Å². The fourth-order valence-electron chi connectivity index (χ4n) is 0.476. The Morgan fingerprint density at radius 3 is 2.75 bits per heavy atom. The second-order valence-corrected chi connectivity index (χ2v) is 1.48. The summed E-state index contributed by atoms with van der Waals surface area (Å²) in [5.41, 5.74) is -0.0370. The Morgan fingerprint density at radius 1 is 1.62 bits per heavy atom. The van der Waals surface area contributed by atoms with E-state index in [2.05, 4.69) is 0 Å². The first-order valence-corrected chi connectivity index (χ1v) is 2.23. The third kappa shape index (κ3) is 0.964. The molecule has 0 amide bonds. The van der Waals surface area contributed by atoms with Crippen molar-refractivity contribution in [1.82, 2.24) is 0 Å². The van der Waals surface area contributed by atoms with E-state index in [1.807, 2.05) is 0 Å². The van der Waals surface area contributed by atoms with E-state index in [-0.39, 0.29) is 5.71 Å². The molecule has 0 aliphatic heterocycles. The molecule has 40 valence electrons. The van der Waals surface area contributed by atoms with Crippen LogP contribution in [0.4, 0.5) is 4.39 Å². The van der Waals surface area contributed by atoms with Gasteiger partial charge in [0.15, 0.2) is 0 Å². The fraction of sp³-hybridized carbons (Fsp3) is 0. The van der Waals surface area contributed by atoms with Crippen LogP contribution in [0.5, 0.6) is 0 Å². The third-order valence-corrected chi connectivity index (χ3v) is 0.808. The maximum atomic E-state index is 12.0. The minimum absolute atomic E-state index is 0.0370. The summed E-state index contributed by atoms with van der Waals surface area (Å²) in [5, 5.41) is 8.57. The molecule has 0 heterocycles. The van der Waals surface area contributed by atoms with Crippen LogP contribution < -0.4 is 0 Å². The molecule has 1 rings (SSSR count). The normalized spacial score (nSPS) is 17.6. The van der Waals surface area contributed by atoms with Crippen LogP contribution in [0, 0.1) is 6.42 Å². The van der Waals surface area contributed by atoms with Crippen molar-refractivity contribution in [3.05, 3.63) is 35.9 Å². The predicted octanol–water partition coefficient (Wildman–Crippen LogP) is 1.62. The van der Waals surface area contributed by atoms with Crippen LogP contribution in [-0.2, 0) is 0 Å². The van der Waals surface area contributed by atoms with Gasteiger partial charge in [-0.3, -0.25) is 0 Å². The molecule has 1 aliphatic carbocycles. The van der Waals surface area contributed by atoms with Gasteiger partial charge in [0, 0.05) is 12.2 Å². The quantitative estimate of drug-likeness (QED) is 0.422. The van der Waals surface area contributed by atoms with E-state index < -0.39 is 5.83 Å².